The largest absolute Gasteiger partial charge is 0.361 e. The molecule has 0 unspecified atom stereocenters. The van der Waals surface area contributed by atoms with E-state index < -0.39 is 0 Å². The van der Waals surface area contributed by atoms with Crippen molar-refractivity contribution in [2.24, 2.45) is 0 Å². The maximum absolute atomic E-state index is 4.54. The standard InChI is InChI=1S/C21H15N3S/c1-2-4-14(5-3-1)20-13-19-21(25-20)18(9-11-23-19)24-16-6-7-17-15(12-16)8-10-22-17/h1-13,22H,(H,23,24). The zero-order valence-corrected chi connectivity index (χ0v) is 14.2. The number of H-pyrrole nitrogens is 1. The number of hydrogen-bond donors (Lipinski definition) is 2. The van der Waals surface area contributed by atoms with E-state index in [0.717, 1.165) is 22.4 Å². The molecule has 0 atom stereocenters. The van der Waals surface area contributed by atoms with Crippen LogP contribution in [0.25, 0.3) is 31.6 Å². The minimum atomic E-state index is 1.02. The number of hydrogen-bond acceptors (Lipinski definition) is 3. The molecule has 0 saturated carbocycles. The lowest BCUT2D eigenvalue weighted by Crippen LogP contribution is -1.90. The Labute approximate surface area is 149 Å². The van der Waals surface area contributed by atoms with Crippen molar-refractivity contribution in [2.75, 3.05) is 5.32 Å². The smallest absolute Gasteiger partial charge is 0.0837 e. The number of benzene rings is 2. The molecule has 3 heterocycles. The van der Waals surface area contributed by atoms with Crippen molar-refractivity contribution in [2.45, 2.75) is 0 Å². The first-order valence-corrected chi connectivity index (χ1v) is 8.97. The number of nitrogens with one attached hydrogen (secondary N) is 2. The number of pyridine rings is 1. The highest BCUT2D eigenvalue weighted by atomic mass is 32.1. The van der Waals surface area contributed by atoms with Gasteiger partial charge in [-0.1, -0.05) is 30.3 Å². The van der Waals surface area contributed by atoms with Crippen LogP contribution < -0.4 is 5.32 Å². The number of nitrogens with zero attached hydrogens (tertiary/aromatic N) is 1. The molecule has 0 spiro atoms. The molecule has 3 nitrogen and oxygen atoms in total. The van der Waals surface area contributed by atoms with Gasteiger partial charge in [0.1, 0.15) is 0 Å². The molecule has 25 heavy (non-hydrogen) atoms. The maximum atomic E-state index is 4.54. The number of rotatable bonds is 3. The summed E-state index contributed by atoms with van der Waals surface area (Å²) < 4.78 is 1.18. The molecular formula is C21H15N3S. The van der Waals surface area contributed by atoms with Crippen molar-refractivity contribution in [3.05, 3.63) is 79.1 Å². The Bertz CT molecular complexity index is 1170. The van der Waals surface area contributed by atoms with E-state index in [2.05, 4.69) is 69.9 Å². The van der Waals surface area contributed by atoms with E-state index in [1.807, 2.05) is 24.5 Å². The normalized spacial score (nSPS) is 11.2. The van der Waals surface area contributed by atoms with Gasteiger partial charge in [-0.2, -0.15) is 0 Å². The van der Waals surface area contributed by atoms with Gasteiger partial charge in [0.2, 0.25) is 0 Å². The number of fused-ring (bicyclic) bond motifs is 2. The molecule has 0 amide bonds. The van der Waals surface area contributed by atoms with Crippen LogP contribution in [0.15, 0.2) is 79.1 Å². The highest BCUT2D eigenvalue weighted by molar-refractivity contribution is 7.22. The zero-order valence-electron chi connectivity index (χ0n) is 13.4. The van der Waals surface area contributed by atoms with Crippen LogP contribution in [0, 0.1) is 0 Å². The van der Waals surface area contributed by atoms with E-state index in [1.165, 1.54) is 20.5 Å². The Morgan fingerprint density at radius 1 is 0.920 bits per heavy atom. The van der Waals surface area contributed by atoms with Gasteiger partial charge in [0.05, 0.1) is 15.9 Å². The molecule has 0 saturated heterocycles. The molecule has 0 aliphatic heterocycles. The monoisotopic (exact) mass is 341 g/mol. The summed E-state index contributed by atoms with van der Waals surface area (Å²) in [6.07, 6.45) is 3.82. The van der Waals surface area contributed by atoms with E-state index >= 15 is 0 Å². The van der Waals surface area contributed by atoms with Crippen molar-refractivity contribution in [1.29, 1.82) is 0 Å². The predicted octanol–water partition coefficient (Wildman–Crippen LogP) is 6.19. The quantitative estimate of drug-likeness (QED) is 0.411. The summed E-state index contributed by atoms with van der Waals surface area (Å²) in [5.74, 6) is 0. The molecule has 4 heteroatoms. The topological polar surface area (TPSA) is 40.7 Å². The summed E-state index contributed by atoms with van der Waals surface area (Å²) in [5, 5.41) is 4.75. The number of thiophene rings is 1. The van der Waals surface area contributed by atoms with Gasteiger partial charge in [-0.05, 0) is 42.0 Å². The first-order valence-electron chi connectivity index (χ1n) is 8.15. The van der Waals surface area contributed by atoms with Crippen LogP contribution in [0.3, 0.4) is 0 Å². The molecular weight excluding hydrogens is 326 g/mol. The molecule has 120 valence electrons. The highest BCUT2D eigenvalue weighted by Gasteiger charge is 2.09. The summed E-state index contributed by atoms with van der Waals surface area (Å²) in [6, 6.07) is 23.1. The van der Waals surface area contributed by atoms with Crippen molar-refractivity contribution in [3.63, 3.8) is 0 Å². The molecule has 0 aliphatic carbocycles. The van der Waals surface area contributed by atoms with Gasteiger partial charge < -0.3 is 10.3 Å². The molecule has 0 bridgehead atoms. The SMILES string of the molecule is c1ccc(-c2cc3nccc(Nc4ccc5[nH]ccc5c4)c3s2)cc1. The molecule has 2 N–H and O–H groups in total. The second kappa shape index (κ2) is 5.76. The molecule has 5 rings (SSSR count). The first-order chi connectivity index (χ1) is 12.4. The summed E-state index contributed by atoms with van der Waals surface area (Å²) in [6.45, 7) is 0. The molecule has 0 aliphatic rings. The number of aromatic amines is 1. The van der Waals surface area contributed by atoms with Crippen LogP contribution in [0.1, 0.15) is 0 Å². The lowest BCUT2D eigenvalue weighted by Gasteiger charge is -2.07. The molecule has 2 aromatic carbocycles. The van der Waals surface area contributed by atoms with Gasteiger partial charge in [-0.3, -0.25) is 4.98 Å². The van der Waals surface area contributed by atoms with Gasteiger partial charge in [-0.15, -0.1) is 11.3 Å². The zero-order chi connectivity index (χ0) is 16.6. The Morgan fingerprint density at radius 2 is 1.84 bits per heavy atom. The van der Waals surface area contributed by atoms with E-state index in [-0.39, 0.29) is 0 Å². The predicted molar refractivity (Wildman–Crippen MR) is 107 cm³/mol. The Kier molecular flexibility index (Phi) is 3.28. The van der Waals surface area contributed by atoms with Crippen LogP contribution in [0.5, 0.6) is 0 Å². The summed E-state index contributed by atoms with van der Waals surface area (Å²) in [4.78, 5) is 9.00. The Balaban J connectivity index is 1.57. The van der Waals surface area contributed by atoms with E-state index in [4.69, 9.17) is 0 Å². The third kappa shape index (κ3) is 2.57. The van der Waals surface area contributed by atoms with Crippen molar-refractivity contribution >= 4 is 43.8 Å². The number of aromatic nitrogens is 2. The van der Waals surface area contributed by atoms with E-state index in [0.29, 0.717) is 0 Å². The Hall–Kier alpha value is -3.11. The fourth-order valence-electron chi connectivity index (χ4n) is 3.07. The Morgan fingerprint density at radius 3 is 2.76 bits per heavy atom. The maximum Gasteiger partial charge on any atom is 0.0837 e. The van der Waals surface area contributed by atoms with Gasteiger partial charge in [-0.25, -0.2) is 0 Å². The third-order valence-electron chi connectivity index (χ3n) is 4.30. The summed E-state index contributed by atoms with van der Waals surface area (Å²) in [5.41, 5.74) is 5.57. The fourth-order valence-corrected chi connectivity index (χ4v) is 4.16. The average Bonchev–Trinajstić information content (AvgIpc) is 3.29. The molecule has 3 aromatic heterocycles. The van der Waals surface area contributed by atoms with Gasteiger partial charge in [0.25, 0.3) is 0 Å². The first kappa shape index (κ1) is 14.3. The van der Waals surface area contributed by atoms with Crippen LogP contribution in [0.4, 0.5) is 11.4 Å². The van der Waals surface area contributed by atoms with Gasteiger partial charge in [0, 0.05) is 33.9 Å². The van der Waals surface area contributed by atoms with E-state index in [9.17, 15) is 0 Å². The lowest BCUT2D eigenvalue weighted by molar-refractivity contribution is 1.42. The van der Waals surface area contributed by atoms with Gasteiger partial charge >= 0.3 is 0 Å². The summed E-state index contributed by atoms with van der Waals surface area (Å²) in [7, 11) is 0. The van der Waals surface area contributed by atoms with Crippen molar-refractivity contribution in [1.82, 2.24) is 9.97 Å². The van der Waals surface area contributed by atoms with Crippen LogP contribution >= 0.6 is 11.3 Å². The second-order valence-electron chi connectivity index (χ2n) is 5.95. The molecule has 0 fully saturated rings. The van der Waals surface area contributed by atoms with Crippen molar-refractivity contribution in [3.8, 4) is 10.4 Å². The lowest BCUT2D eigenvalue weighted by atomic mass is 10.2. The van der Waals surface area contributed by atoms with Gasteiger partial charge in [0.15, 0.2) is 0 Å². The highest BCUT2D eigenvalue weighted by Crippen LogP contribution is 2.37. The third-order valence-corrected chi connectivity index (χ3v) is 5.51. The summed E-state index contributed by atoms with van der Waals surface area (Å²) >= 11 is 1.77. The minimum Gasteiger partial charge on any atom is -0.361 e. The van der Waals surface area contributed by atoms with Crippen LogP contribution in [-0.2, 0) is 0 Å². The number of anilines is 2. The second-order valence-corrected chi connectivity index (χ2v) is 7.01. The van der Waals surface area contributed by atoms with Crippen LogP contribution in [-0.4, -0.2) is 9.97 Å². The molecule has 5 aromatic rings. The van der Waals surface area contributed by atoms with Crippen LogP contribution in [0.2, 0.25) is 0 Å². The minimum absolute atomic E-state index is 1.02. The molecule has 0 radical (unpaired) electrons. The average molecular weight is 341 g/mol. The van der Waals surface area contributed by atoms with Crippen molar-refractivity contribution < 1.29 is 0 Å². The fraction of sp³-hybridized carbons (Fsp3) is 0. The van der Waals surface area contributed by atoms with E-state index in [1.54, 1.807) is 11.3 Å².